The van der Waals surface area contributed by atoms with E-state index in [0.717, 1.165) is 17.7 Å². The molecule has 2 atom stereocenters. The average molecular weight is 467 g/mol. The highest BCUT2D eigenvalue weighted by molar-refractivity contribution is 6.63. The van der Waals surface area contributed by atoms with Crippen LogP contribution in [0, 0.1) is 5.92 Å². The van der Waals surface area contributed by atoms with Gasteiger partial charge in [0.1, 0.15) is 0 Å². The number of hydrogen-bond acceptors (Lipinski definition) is 3. The first-order valence-electron chi connectivity index (χ1n) is 8.71. The molecule has 2 unspecified atom stereocenters. The van der Waals surface area contributed by atoms with Crippen LogP contribution in [0.2, 0.25) is 10.0 Å². The Bertz CT molecular complexity index is 877. The fourth-order valence-electron chi connectivity index (χ4n) is 3.44. The average Bonchev–Trinajstić information content (AvgIpc) is 3.11. The van der Waals surface area contributed by atoms with Crippen LogP contribution in [0.3, 0.4) is 0 Å². The van der Waals surface area contributed by atoms with Crippen LogP contribution in [-0.4, -0.2) is 25.0 Å². The summed E-state index contributed by atoms with van der Waals surface area (Å²) in [5, 5.41) is 4.83. The first kappa shape index (κ1) is 22.0. The number of amides is 1. The third-order valence-electron chi connectivity index (χ3n) is 4.86. The van der Waals surface area contributed by atoms with E-state index in [4.69, 9.17) is 34.8 Å². The number of halogens is 6. The van der Waals surface area contributed by atoms with E-state index < -0.39 is 17.1 Å². The molecule has 4 nitrogen and oxygen atoms in total. The summed E-state index contributed by atoms with van der Waals surface area (Å²) < 4.78 is 38.5. The van der Waals surface area contributed by atoms with E-state index in [-0.39, 0.29) is 11.8 Å². The molecule has 2 aromatic rings. The molecule has 0 spiro atoms. The zero-order valence-corrected chi connectivity index (χ0v) is 17.2. The van der Waals surface area contributed by atoms with Gasteiger partial charge in [-0.2, -0.15) is 13.2 Å². The Morgan fingerprint density at radius 2 is 1.79 bits per heavy atom. The molecule has 0 aliphatic carbocycles. The van der Waals surface area contributed by atoms with Crippen molar-refractivity contribution in [1.29, 1.82) is 0 Å². The number of alkyl halides is 3. The lowest BCUT2D eigenvalue weighted by molar-refractivity contribution is -0.137. The molecule has 3 rings (SSSR count). The van der Waals surface area contributed by atoms with Gasteiger partial charge < -0.3 is 5.32 Å². The molecule has 1 aliphatic heterocycles. The molecular formula is C19H17Cl3F3N3O. The summed E-state index contributed by atoms with van der Waals surface area (Å²) in [5.74, 6) is 0.118. The predicted molar refractivity (Wildman–Crippen MR) is 109 cm³/mol. The Morgan fingerprint density at radius 1 is 1.10 bits per heavy atom. The maximum absolute atomic E-state index is 12.8. The van der Waals surface area contributed by atoms with E-state index in [1.54, 1.807) is 12.1 Å². The summed E-state index contributed by atoms with van der Waals surface area (Å²) >= 11 is 17.6. The molecule has 156 valence electrons. The van der Waals surface area contributed by atoms with E-state index in [1.807, 2.05) is 6.07 Å². The van der Waals surface area contributed by atoms with Crippen LogP contribution in [0.1, 0.15) is 17.0 Å². The van der Waals surface area contributed by atoms with Gasteiger partial charge in [-0.15, -0.1) is 0 Å². The van der Waals surface area contributed by atoms with E-state index in [9.17, 15) is 18.0 Å². The molecule has 1 fully saturated rings. The lowest BCUT2D eigenvalue weighted by Crippen LogP contribution is -2.44. The number of carbonyl (C=O) groups excluding carboxylic acids is 1. The Balaban J connectivity index is 1.82. The van der Waals surface area contributed by atoms with Crippen molar-refractivity contribution < 1.29 is 18.0 Å². The van der Waals surface area contributed by atoms with E-state index >= 15 is 0 Å². The predicted octanol–water partition coefficient (Wildman–Crippen LogP) is 5.69. The number of nitrogens with zero attached hydrogens (tertiary/aromatic N) is 1. The summed E-state index contributed by atoms with van der Waals surface area (Å²) in [6, 6.07) is 9.94. The van der Waals surface area contributed by atoms with Gasteiger partial charge in [-0.05, 0) is 59.5 Å². The molecule has 1 heterocycles. The highest BCUT2D eigenvalue weighted by Gasteiger charge is 2.32. The minimum atomic E-state index is -4.44. The van der Waals surface area contributed by atoms with Crippen LogP contribution in [0.25, 0.3) is 0 Å². The fourth-order valence-corrected chi connectivity index (χ4v) is 3.85. The van der Waals surface area contributed by atoms with Crippen molar-refractivity contribution in [3.63, 3.8) is 0 Å². The van der Waals surface area contributed by atoms with E-state index in [2.05, 4.69) is 10.7 Å². The second-order valence-corrected chi connectivity index (χ2v) is 7.90. The number of nitrogens with one attached hydrogen (secondary N) is 2. The number of anilines is 1. The molecule has 2 N–H and O–H groups in total. The Kier molecular flexibility index (Phi) is 6.83. The van der Waals surface area contributed by atoms with Gasteiger partial charge in [-0.25, -0.2) is 0 Å². The van der Waals surface area contributed by atoms with Gasteiger partial charge in [-0.3, -0.25) is 15.2 Å². The normalized spacial score (nSPS) is 19.2. The van der Waals surface area contributed by atoms with Crippen LogP contribution < -0.4 is 15.8 Å². The Labute approximate surface area is 180 Å². The van der Waals surface area contributed by atoms with Gasteiger partial charge in [0, 0.05) is 25.6 Å². The smallest absolute Gasteiger partial charge is 0.316 e. The van der Waals surface area contributed by atoms with Gasteiger partial charge in [-0.1, -0.05) is 29.3 Å². The Morgan fingerprint density at radius 3 is 2.38 bits per heavy atom. The standard InChI is InChI=1S/C19H17Cl3F3N3O/c20-16-6-1-11(7-17(16)21)15-9-26-8-12(15)10-28(27-18(22)29)14-4-2-13(3-5-14)19(23,24)25/h1-7,12,15,26H,8-10H2,(H,27,29). The minimum absolute atomic E-state index is 0.0399. The monoisotopic (exact) mass is 465 g/mol. The van der Waals surface area contributed by atoms with Gasteiger partial charge >= 0.3 is 11.5 Å². The van der Waals surface area contributed by atoms with Crippen LogP contribution in [0.5, 0.6) is 0 Å². The van der Waals surface area contributed by atoms with E-state index in [1.165, 1.54) is 17.1 Å². The van der Waals surface area contributed by atoms with Crippen molar-refractivity contribution in [2.24, 2.45) is 5.92 Å². The molecule has 0 aromatic heterocycles. The molecular weight excluding hydrogens is 450 g/mol. The van der Waals surface area contributed by atoms with Gasteiger partial charge in [0.15, 0.2) is 0 Å². The maximum Gasteiger partial charge on any atom is 0.416 e. The highest BCUT2D eigenvalue weighted by atomic mass is 35.5. The number of rotatable bonds is 5. The quantitative estimate of drug-likeness (QED) is 0.338. The topological polar surface area (TPSA) is 44.4 Å². The van der Waals surface area contributed by atoms with Crippen molar-refractivity contribution >= 4 is 45.9 Å². The molecule has 10 heteroatoms. The molecule has 2 aromatic carbocycles. The van der Waals surface area contributed by atoms with Crippen LogP contribution in [0.15, 0.2) is 42.5 Å². The minimum Gasteiger partial charge on any atom is -0.316 e. The van der Waals surface area contributed by atoms with E-state index in [0.29, 0.717) is 35.4 Å². The fraction of sp³-hybridized carbons (Fsp3) is 0.316. The summed E-state index contributed by atoms with van der Waals surface area (Å²) in [7, 11) is 0. The number of hydrogen-bond donors (Lipinski definition) is 2. The second kappa shape index (κ2) is 9.00. The molecule has 0 bridgehead atoms. The summed E-state index contributed by atoms with van der Waals surface area (Å²) in [5.41, 5.74) is 3.09. The maximum atomic E-state index is 12.8. The van der Waals surface area contributed by atoms with Crippen molar-refractivity contribution in [2.45, 2.75) is 12.1 Å². The van der Waals surface area contributed by atoms with Gasteiger partial charge in [0.2, 0.25) is 0 Å². The first-order valence-corrected chi connectivity index (χ1v) is 9.85. The zero-order chi connectivity index (χ0) is 21.2. The SMILES string of the molecule is O=C(Cl)NN(CC1CNCC1c1ccc(Cl)c(Cl)c1)c1ccc(C(F)(F)F)cc1. The molecule has 1 aliphatic rings. The molecule has 1 amide bonds. The highest BCUT2D eigenvalue weighted by Crippen LogP contribution is 2.34. The second-order valence-electron chi connectivity index (χ2n) is 6.74. The van der Waals surface area contributed by atoms with Crippen molar-refractivity contribution in [3.05, 3.63) is 63.6 Å². The number of hydrazine groups is 1. The molecule has 0 radical (unpaired) electrons. The summed E-state index contributed by atoms with van der Waals surface area (Å²) in [6.45, 7) is 1.68. The number of benzene rings is 2. The van der Waals surface area contributed by atoms with Crippen LogP contribution in [-0.2, 0) is 6.18 Å². The molecule has 1 saturated heterocycles. The van der Waals surface area contributed by atoms with Crippen molar-refractivity contribution in [2.75, 3.05) is 24.6 Å². The third-order valence-corrected chi connectivity index (χ3v) is 5.68. The summed E-state index contributed by atoms with van der Waals surface area (Å²) in [4.78, 5) is 11.4. The third kappa shape index (κ3) is 5.48. The summed E-state index contributed by atoms with van der Waals surface area (Å²) in [6.07, 6.45) is -4.44. The van der Waals surface area contributed by atoms with Gasteiger partial charge in [0.25, 0.3) is 0 Å². The lowest BCUT2D eigenvalue weighted by Gasteiger charge is -2.30. The van der Waals surface area contributed by atoms with Crippen molar-refractivity contribution in [1.82, 2.24) is 10.7 Å². The molecule has 29 heavy (non-hydrogen) atoms. The molecule has 0 saturated carbocycles. The number of carbonyl (C=O) groups is 1. The van der Waals surface area contributed by atoms with Crippen LogP contribution >= 0.6 is 34.8 Å². The van der Waals surface area contributed by atoms with Gasteiger partial charge in [0.05, 0.1) is 21.3 Å². The van der Waals surface area contributed by atoms with Crippen LogP contribution in [0.4, 0.5) is 23.7 Å². The lowest BCUT2D eigenvalue weighted by atomic mass is 9.88. The van der Waals surface area contributed by atoms with Crippen molar-refractivity contribution in [3.8, 4) is 0 Å². The largest absolute Gasteiger partial charge is 0.416 e. The first-order chi connectivity index (χ1) is 13.6. The Hall–Kier alpha value is -1.67. The zero-order valence-electron chi connectivity index (χ0n) is 14.9.